The second-order valence-electron chi connectivity index (χ2n) is 0.666. The van der Waals surface area contributed by atoms with E-state index >= 15 is 0 Å². The Labute approximate surface area is 114 Å². The molecule has 0 saturated carbocycles. The van der Waals surface area contributed by atoms with Gasteiger partial charge in [0.05, 0.1) is 12.1 Å². The summed E-state index contributed by atoms with van der Waals surface area (Å²) in [4.78, 5) is 0. The first-order valence-corrected chi connectivity index (χ1v) is 2.66. The number of nitriles is 2. The van der Waals surface area contributed by atoms with Crippen LogP contribution in [-0.2, 0) is 39.7 Å². The summed E-state index contributed by atoms with van der Waals surface area (Å²) in [5, 5.41) is 15.0. The van der Waals surface area contributed by atoms with Crippen molar-refractivity contribution in [2.24, 2.45) is 0 Å². The van der Waals surface area contributed by atoms with Crippen molar-refractivity contribution in [3.8, 4) is 12.1 Å². The van der Waals surface area contributed by atoms with Crippen LogP contribution >= 0.6 is 0 Å². The molecule has 0 radical (unpaired) electrons. The third kappa shape index (κ3) is 176000. The molecule has 0 aliphatic rings. The number of hydrogen-bond acceptors (Lipinski definition) is 2. The van der Waals surface area contributed by atoms with Crippen molar-refractivity contribution in [1.82, 2.24) is 0 Å². The minimum absolute atomic E-state index is 0. The van der Waals surface area contributed by atoms with Crippen LogP contribution in [0.4, 0.5) is 0 Å². The average molecular weight is 314 g/mol. The summed E-state index contributed by atoms with van der Waals surface area (Å²) in [5.74, 6) is 0. The number of nitrogens with zero attached hydrogens (tertiary/aromatic N) is 2. The maximum atomic E-state index is 7.51. The van der Waals surface area contributed by atoms with Gasteiger partial charge in [0.25, 0.3) is 0 Å². The van der Waals surface area contributed by atoms with Gasteiger partial charge < -0.3 is 0 Å². The molecular weight excluding hydrogens is 308 g/mol. The SMILES string of the molecule is C=CC#N.C=CC#N.[C-]#[O+].[C-]#[O+].[C-]#[O+].[C-]#[O+].[Mo]. The summed E-state index contributed by atoms with van der Waals surface area (Å²) < 4.78 is 30.0. The standard InChI is InChI=1S/2C3H3N.4CO.Mo/c2*1-2-3-4;4*1-2;/h2*2H,1H2;;;;;. The zero-order valence-corrected chi connectivity index (χ0v) is 10.5. The predicted molar refractivity (Wildman–Crippen MR) is 47.3 cm³/mol. The molecule has 17 heavy (non-hydrogen) atoms. The van der Waals surface area contributed by atoms with Gasteiger partial charge >= 0.3 is 45.2 Å². The van der Waals surface area contributed by atoms with Gasteiger partial charge in [0.15, 0.2) is 0 Å². The Bertz CT molecular complexity index is 237. The summed E-state index contributed by atoms with van der Waals surface area (Å²) in [6, 6.07) is 3.39. The van der Waals surface area contributed by atoms with Crippen molar-refractivity contribution >= 4 is 0 Å². The average Bonchev–Trinajstić information content (AvgIpc) is 2.47. The van der Waals surface area contributed by atoms with Crippen LogP contribution in [0.3, 0.4) is 0 Å². The molecule has 7 heteroatoms. The molecule has 0 aromatic heterocycles. The Morgan fingerprint density at radius 1 is 0.706 bits per heavy atom. The minimum atomic E-state index is 0. The van der Waals surface area contributed by atoms with Crippen LogP contribution in [0.5, 0.6) is 0 Å². The molecule has 0 unspecified atom stereocenters. The predicted octanol–water partition coefficient (Wildman–Crippen LogP) is 1.24. The van der Waals surface area contributed by atoms with Gasteiger partial charge in [-0.3, -0.25) is 0 Å². The normalized spacial score (nSPS) is 2.24. The molecule has 0 rings (SSSR count). The first kappa shape index (κ1) is 45.7. The van der Waals surface area contributed by atoms with E-state index in [0.717, 1.165) is 0 Å². The molecular formula is C10H6MoN2O4. The fraction of sp³-hybridized carbons (Fsp3) is 0. The maximum Gasteiger partial charge on any atom is 0 e. The van der Waals surface area contributed by atoms with Gasteiger partial charge in [-0.1, -0.05) is 13.2 Å². The molecule has 0 fully saturated rings. The van der Waals surface area contributed by atoms with Crippen LogP contribution in [0.2, 0.25) is 0 Å². The van der Waals surface area contributed by atoms with E-state index in [9.17, 15) is 0 Å². The van der Waals surface area contributed by atoms with Gasteiger partial charge in [-0.2, -0.15) is 10.5 Å². The van der Waals surface area contributed by atoms with Gasteiger partial charge in [0, 0.05) is 33.2 Å². The largest absolute Gasteiger partial charge is 0 e. The van der Waals surface area contributed by atoms with Gasteiger partial charge in [-0.05, 0) is 0 Å². The maximum absolute atomic E-state index is 7.51. The smallest absolute Gasteiger partial charge is 0 e. The molecule has 0 amide bonds. The van der Waals surface area contributed by atoms with Gasteiger partial charge in [-0.25, -0.2) is 0 Å². The van der Waals surface area contributed by atoms with Crippen molar-refractivity contribution in [1.29, 1.82) is 10.5 Å². The molecule has 0 N–H and O–H groups in total. The van der Waals surface area contributed by atoms with Crippen LogP contribution in [0, 0.1) is 49.3 Å². The molecule has 0 aliphatic carbocycles. The second kappa shape index (κ2) is 545. The quantitative estimate of drug-likeness (QED) is 0.288. The second-order valence-corrected chi connectivity index (χ2v) is 0.666. The molecule has 0 aromatic rings. The molecule has 86 valence electrons. The van der Waals surface area contributed by atoms with Crippen LogP contribution < -0.4 is 0 Å². The molecule has 0 atom stereocenters. The van der Waals surface area contributed by atoms with Crippen molar-refractivity contribution in [2.45, 2.75) is 0 Å². The van der Waals surface area contributed by atoms with Gasteiger partial charge in [0.1, 0.15) is 0 Å². The van der Waals surface area contributed by atoms with Crippen LogP contribution in [0.25, 0.3) is 0 Å². The summed E-state index contributed by atoms with van der Waals surface area (Å²) in [6.45, 7) is 24.2. The Morgan fingerprint density at radius 2 is 0.765 bits per heavy atom. The Kier molecular flexibility index (Phi) is 1470. The van der Waals surface area contributed by atoms with Crippen molar-refractivity contribution in [2.75, 3.05) is 0 Å². The fourth-order valence-corrected chi connectivity index (χ4v) is 0. The molecule has 0 bridgehead atoms. The van der Waals surface area contributed by atoms with Gasteiger partial charge in [-0.15, -0.1) is 0 Å². The summed E-state index contributed by atoms with van der Waals surface area (Å²) >= 11 is 0. The van der Waals surface area contributed by atoms with E-state index in [1.54, 1.807) is 12.1 Å². The van der Waals surface area contributed by atoms with E-state index in [1.807, 2.05) is 0 Å². The van der Waals surface area contributed by atoms with Crippen LogP contribution in [0.1, 0.15) is 0 Å². The van der Waals surface area contributed by atoms with E-state index in [1.165, 1.54) is 12.2 Å². The van der Waals surface area contributed by atoms with Gasteiger partial charge in [0.2, 0.25) is 0 Å². The third-order valence-corrected chi connectivity index (χ3v) is 0.183. The number of allylic oxidation sites excluding steroid dienone is 2. The molecule has 6 nitrogen and oxygen atoms in total. The minimum Gasteiger partial charge on any atom is 0 e. The Morgan fingerprint density at radius 3 is 0.765 bits per heavy atom. The van der Waals surface area contributed by atoms with Crippen molar-refractivity contribution < 1.29 is 39.7 Å². The van der Waals surface area contributed by atoms with E-state index in [-0.39, 0.29) is 21.1 Å². The van der Waals surface area contributed by atoms with E-state index in [0.29, 0.717) is 0 Å². The first-order valence-electron chi connectivity index (χ1n) is 2.66. The molecule has 0 spiro atoms. The van der Waals surface area contributed by atoms with Crippen molar-refractivity contribution in [3.05, 3.63) is 51.9 Å². The van der Waals surface area contributed by atoms with Crippen LogP contribution in [-0.4, -0.2) is 0 Å². The molecule has 0 saturated heterocycles. The van der Waals surface area contributed by atoms with Crippen molar-refractivity contribution in [3.63, 3.8) is 0 Å². The monoisotopic (exact) mass is 316 g/mol. The summed E-state index contributed by atoms with van der Waals surface area (Å²) in [5.41, 5.74) is 0. The zero-order chi connectivity index (χ0) is 14.8. The first-order chi connectivity index (χ1) is 7.83. The topological polar surface area (TPSA) is 127 Å². The fourth-order valence-electron chi connectivity index (χ4n) is 0. The van der Waals surface area contributed by atoms with E-state index in [4.69, 9.17) is 29.1 Å². The molecule has 0 heterocycles. The zero-order valence-electron chi connectivity index (χ0n) is 8.50. The third-order valence-electron chi connectivity index (χ3n) is 0.183. The summed E-state index contributed by atoms with van der Waals surface area (Å²) in [7, 11) is 0. The number of hydrogen-bond donors (Lipinski definition) is 0. The van der Waals surface area contributed by atoms with E-state index < -0.39 is 0 Å². The Balaban J connectivity index is -0.0000000146. The Hall–Kier alpha value is -1.89. The molecule has 0 aromatic carbocycles. The summed E-state index contributed by atoms with van der Waals surface area (Å²) in [6.07, 6.45) is 2.36. The van der Waals surface area contributed by atoms with Crippen LogP contribution in [0.15, 0.2) is 25.3 Å². The van der Waals surface area contributed by atoms with E-state index in [2.05, 4.69) is 39.8 Å². The molecule has 0 aliphatic heterocycles. The number of rotatable bonds is 0.